The zero-order chi connectivity index (χ0) is 28.3. The summed E-state index contributed by atoms with van der Waals surface area (Å²) in [7, 11) is 2.14. The van der Waals surface area contributed by atoms with Crippen LogP contribution in [0.1, 0.15) is 24.1 Å². The number of ether oxygens (including phenoxy) is 1. The molecule has 10 heteroatoms. The third kappa shape index (κ3) is 5.42. The lowest BCUT2D eigenvalue weighted by Crippen LogP contribution is -2.56. The van der Waals surface area contributed by atoms with Gasteiger partial charge in [0.25, 0.3) is 0 Å². The first kappa shape index (κ1) is 27.0. The van der Waals surface area contributed by atoms with Crippen molar-refractivity contribution in [1.82, 2.24) is 24.8 Å². The van der Waals surface area contributed by atoms with Gasteiger partial charge in [-0.3, -0.25) is 9.78 Å². The summed E-state index contributed by atoms with van der Waals surface area (Å²) in [5.41, 5.74) is 4.20. The zero-order valence-corrected chi connectivity index (χ0v) is 23.6. The van der Waals surface area contributed by atoms with Gasteiger partial charge in [0, 0.05) is 55.1 Å². The van der Waals surface area contributed by atoms with Gasteiger partial charge in [-0.2, -0.15) is 9.97 Å². The molecule has 1 aromatic carbocycles. The van der Waals surface area contributed by atoms with E-state index in [4.69, 9.17) is 21.3 Å². The van der Waals surface area contributed by atoms with Crippen LogP contribution in [0, 0.1) is 6.57 Å². The van der Waals surface area contributed by atoms with Gasteiger partial charge in [0.2, 0.25) is 12.5 Å². The van der Waals surface area contributed by atoms with Crippen LogP contribution in [0.5, 0.6) is 6.01 Å². The Hall–Kier alpha value is -4.23. The highest BCUT2D eigenvalue weighted by Gasteiger charge is 2.35. The minimum absolute atomic E-state index is 0.132. The molecule has 2 saturated heterocycles. The molecule has 1 amide bonds. The van der Waals surface area contributed by atoms with Crippen LogP contribution in [-0.4, -0.2) is 95.7 Å². The molecule has 1 unspecified atom stereocenters. The SMILES string of the molecule is [C-]#[N+]CC1CN(c2nc(OC[C@@H]3CCCN3C)nc3c2CCN(c2cccc4ncccc24)C3)CCN1C(=O)C=C. The molecule has 2 aromatic heterocycles. The highest BCUT2D eigenvalue weighted by molar-refractivity contribution is 5.92. The summed E-state index contributed by atoms with van der Waals surface area (Å²) in [5.74, 6) is 0.734. The maximum atomic E-state index is 12.5. The number of pyridine rings is 1. The number of rotatable bonds is 7. The smallest absolute Gasteiger partial charge is 0.318 e. The van der Waals surface area contributed by atoms with Crippen LogP contribution in [0.15, 0.2) is 49.2 Å². The van der Waals surface area contributed by atoms with Gasteiger partial charge in [-0.05, 0) is 63.2 Å². The average molecular weight is 553 g/mol. The Kier molecular flexibility index (Phi) is 7.70. The quantitative estimate of drug-likeness (QED) is 0.327. The van der Waals surface area contributed by atoms with Gasteiger partial charge >= 0.3 is 6.01 Å². The molecule has 2 fully saturated rings. The largest absolute Gasteiger partial charge is 0.462 e. The predicted octanol–water partition coefficient (Wildman–Crippen LogP) is 3.18. The number of carbonyl (C=O) groups excluding carboxylic acids is 1. The highest BCUT2D eigenvalue weighted by Crippen LogP contribution is 2.34. The molecule has 3 aliphatic heterocycles. The number of benzene rings is 1. The van der Waals surface area contributed by atoms with Crippen molar-refractivity contribution in [2.45, 2.75) is 37.9 Å². The van der Waals surface area contributed by atoms with Crippen molar-refractivity contribution in [2.75, 3.05) is 62.7 Å². The maximum absolute atomic E-state index is 12.5. The van der Waals surface area contributed by atoms with E-state index in [2.05, 4.69) is 56.4 Å². The Balaban J connectivity index is 1.33. The van der Waals surface area contributed by atoms with Crippen LogP contribution in [-0.2, 0) is 17.8 Å². The van der Waals surface area contributed by atoms with Crippen molar-refractivity contribution in [3.05, 3.63) is 71.9 Å². The predicted molar refractivity (Wildman–Crippen MR) is 159 cm³/mol. The van der Waals surface area contributed by atoms with E-state index in [9.17, 15) is 4.79 Å². The van der Waals surface area contributed by atoms with E-state index >= 15 is 0 Å². The number of hydrogen-bond acceptors (Lipinski definition) is 8. The monoisotopic (exact) mass is 552 g/mol. The van der Waals surface area contributed by atoms with Gasteiger partial charge < -0.3 is 29.2 Å². The summed E-state index contributed by atoms with van der Waals surface area (Å²) in [5, 5.41) is 1.12. The second-order valence-electron chi connectivity index (χ2n) is 11.0. The van der Waals surface area contributed by atoms with E-state index in [1.54, 1.807) is 4.90 Å². The normalized spacial score (nSPS) is 21.0. The molecule has 2 atom stereocenters. The summed E-state index contributed by atoms with van der Waals surface area (Å²) in [6.45, 7) is 16.1. The summed E-state index contributed by atoms with van der Waals surface area (Å²) in [4.78, 5) is 39.3. The molecule has 0 saturated carbocycles. The minimum atomic E-state index is -0.225. The Morgan fingerprint density at radius 1 is 1.15 bits per heavy atom. The fourth-order valence-electron chi connectivity index (χ4n) is 6.36. The van der Waals surface area contributed by atoms with Crippen LogP contribution in [0.3, 0.4) is 0 Å². The number of likely N-dealkylation sites (N-methyl/N-ethyl adjacent to an activating group) is 1. The Labute approximate surface area is 241 Å². The van der Waals surface area contributed by atoms with Crippen LogP contribution in [0.2, 0.25) is 0 Å². The average Bonchev–Trinajstić information content (AvgIpc) is 3.43. The lowest BCUT2D eigenvalue weighted by molar-refractivity contribution is -0.128. The van der Waals surface area contributed by atoms with Crippen molar-refractivity contribution in [1.29, 1.82) is 0 Å². The molecule has 212 valence electrons. The molecule has 3 aliphatic rings. The first-order chi connectivity index (χ1) is 20.1. The number of nitrogens with zero attached hydrogens (tertiary/aromatic N) is 8. The van der Waals surface area contributed by atoms with Gasteiger partial charge in [-0.25, -0.2) is 6.57 Å². The van der Waals surface area contributed by atoms with Gasteiger partial charge in [0.1, 0.15) is 18.5 Å². The Morgan fingerprint density at radius 3 is 2.85 bits per heavy atom. The second-order valence-corrected chi connectivity index (χ2v) is 11.0. The number of amides is 1. The van der Waals surface area contributed by atoms with Crippen molar-refractivity contribution < 1.29 is 9.53 Å². The highest BCUT2D eigenvalue weighted by atomic mass is 16.5. The first-order valence-electron chi connectivity index (χ1n) is 14.4. The standard InChI is InChI=1S/C31H36N8O2/c1-4-29(40)39-17-16-38(19-23(39)18-32-2)30-25-12-15-37(28-11-5-10-26-24(28)9-6-13-33-26)20-27(25)34-31(35-30)41-21-22-8-7-14-36(22)3/h4-6,9-11,13,22-23H,1,7-8,12,14-21H2,3H3/t22-,23?/m0/s1. The maximum Gasteiger partial charge on any atom is 0.318 e. The zero-order valence-electron chi connectivity index (χ0n) is 23.6. The van der Waals surface area contributed by atoms with E-state index in [0.29, 0.717) is 44.8 Å². The van der Waals surface area contributed by atoms with E-state index < -0.39 is 0 Å². The molecular weight excluding hydrogens is 516 g/mol. The molecule has 0 N–H and O–H groups in total. The van der Waals surface area contributed by atoms with Gasteiger partial charge in [0.15, 0.2) is 0 Å². The number of piperazine rings is 1. The van der Waals surface area contributed by atoms with Gasteiger partial charge in [0.05, 0.1) is 17.8 Å². The molecule has 5 heterocycles. The molecule has 0 radical (unpaired) electrons. The van der Waals surface area contributed by atoms with E-state index in [1.807, 2.05) is 18.3 Å². The summed E-state index contributed by atoms with van der Waals surface area (Å²) in [6.07, 6.45) is 6.22. The molecule has 10 nitrogen and oxygen atoms in total. The molecule has 0 spiro atoms. The Morgan fingerprint density at radius 2 is 2.05 bits per heavy atom. The molecule has 0 bridgehead atoms. The molecule has 41 heavy (non-hydrogen) atoms. The Bertz CT molecular complexity index is 1480. The van der Waals surface area contributed by atoms with Crippen LogP contribution >= 0.6 is 0 Å². The number of hydrogen-bond donors (Lipinski definition) is 0. The first-order valence-corrected chi connectivity index (χ1v) is 14.4. The number of fused-ring (bicyclic) bond motifs is 2. The van der Waals surface area contributed by atoms with Gasteiger partial charge in [-0.15, -0.1) is 0 Å². The number of likely N-dealkylation sites (tertiary alicyclic amines) is 1. The number of anilines is 2. The molecule has 6 rings (SSSR count). The lowest BCUT2D eigenvalue weighted by atomic mass is 10.0. The van der Waals surface area contributed by atoms with Crippen molar-refractivity contribution >= 4 is 28.3 Å². The fraction of sp³-hybridized carbons (Fsp3) is 0.452. The molecule has 0 aliphatic carbocycles. The van der Waals surface area contributed by atoms with Crippen molar-refractivity contribution in [2.24, 2.45) is 0 Å². The second kappa shape index (κ2) is 11.7. The minimum Gasteiger partial charge on any atom is -0.462 e. The molecule has 3 aromatic rings. The summed E-state index contributed by atoms with van der Waals surface area (Å²) < 4.78 is 6.27. The van der Waals surface area contributed by atoms with Crippen molar-refractivity contribution in [3.8, 4) is 6.01 Å². The van der Waals surface area contributed by atoms with E-state index in [0.717, 1.165) is 59.6 Å². The number of aromatic nitrogens is 3. The van der Waals surface area contributed by atoms with Crippen LogP contribution < -0.4 is 14.5 Å². The third-order valence-corrected chi connectivity index (χ3v) is 8.60. The third-order valence-electron chi connectivity index (χ3n) is 8.60. The van der Waals surface area contributed by atoms with Crippen LogP contribution in [0.4, 0.5) is 11.5 Å². The summed E-state index contributed by atoms with van der Waals surface area (Å²) >= 11 is 0. The topological polar surface area (TPSA) is 82.3 Å². The van der Waals surface area contributed by atoms with Crippen LogP contribution in [0.25, 0.3) is 15.7 Å². The molecular formula is C31H36N8O2. The fourth-order valence-corrected chi connectivity index (χ4v) is 6.36. The van der Waals surface area contributed by atoms with Gasteiger partial charge in [-0.1, -0.05) is 12.6 Å². The van der Waals surface area contributed by atoms with E-state index in [-0.39, 0.29) is 18.5 Å². The summed E-state index contributed by atoms with van der Waals surface area (Å²) in [6, 6.07) is 10.9. The van der Waals surface area contributed by atoms with E-state index in [1.165, 1.54) is 12.5 Å². The number of carbonyl (C=O) groups is 1. The lowest BCUT2D eigenvalue weighted by Gasteiger charge is -2.41. The van der Waals surface area contributed by atoms with Crippen molar-refractivity contribution in [3.63, 3.8) is 0 Å².